The minimum absolute atomic E-state index is 0.0110. The van der Waals surface area contributed by atoms with Crippen LogP contribution in [0.2, 0.25) is 0 Å². The number of oxazole rings is 1. The monoisotopic (exact) mass is 545 g/mol. The molecule has 3 heterocycles. The van der Waals surface area contributed by atoms with E-state index in [9.17, 15) is 18.0 Å². The zero-order valence-corrected chi connectivity index (χ0v) is 21.9. The SMILES string of the molecule is C[C@H]1CCCN(C(=O)c2cc(C(F)(F)F)c3oc(-c4cccc(-c5ccccc5-c5nncn5C)c4)nc3c2)C1. The number of hydrogen-bond donors (Lipinski definition) is 0. The Morgan fingerprint density at radius 1 is 1.02 bits per heavy atom. The summed E-state index contributed by atoms with van der Waals surface area (Å²) in [5.41, 5.74) is 1.58. The van der Waals surface area contributed by atoms with Crippen LogP contribution in [0.25, 0.3) is 45.1 Å². The molecule has 1 atom stereocenters. The molecule has 7 nitrogen and oxygen atoms in total. The van der Waals surface area contributed by atoms with Crippen LogP contribution < -0.4 is 0 Å². The van der Waals surface area contributed by atoms with Crippen LogP contribution in [0, 0.1) is 5.92 Å². The number of aromatic nitrogens is 4. The van der Waals surface area contributed by atoms with Crippen molar-refractivity contribution in [2.24, 2.45) is 13.0 Å². The van der Waals surface area contributed by atoms with Gasteiger partial charge >= 0.3 is 6.18 Å². The molecule has 0 saturated carbocycles. The molecule has 1 saturated heterocycles. The molecule has 2 aromatic heterocycles. The van der Waals surface area contributed by atoms with Crippen LogP contribution in [0.4, 0.5) is 13.2 Å². The first-order valence-electron chi connectivity index (χ1n) is 13.0. The van der Waals surface area contributed by atoms with Gasteiger partial charge in [-0.3, -0.25) is 4.79 Å². The van der Waals surface area contributed by atoms with Gasteiger partial charge in [0.2, 0.25) is 5.89 Å². The van der Waals surface area contributed by atoms with Crippen LogP contribution in [0.3, 0.4) is 0 Å². The number of rotatable bonds is 4. The molecule has 0 radical (unpaired) electrons. The largest absolute Gasteiger partial charge is 0.435 e. The lowest BCUT2D eigenvalue weighted by Gasteiger charge is -2.31. The Labute approximate surface area is 228 Å². The highest BCUT2D eigenvalue weighted by Gasteiger charge is 2.37. The maximum absolute atomic E-state index is 14.1. The van der Waals surface area contributed by atoms with E-state index in [1.165, 1.54) is 6.07 Å². The van der Waals surface area contributed by atoms with Gasteiger partial charge in [-0.15, -0.1) is 10.2 Å². The van der Waals surface area contributed by atoms with Crippen molar-refractivity contribution in [1.82, 2.24) is 24.6 Å². The first kappa shape index (κ1) is 25.8. The van der Waals surface area contributed by atoms with Crippen molar-refractivity contribution in [2.45, 2.75) is 25.9 Å². The quantitative estimate of drug-likeness (QED) is 0.247. The van der Waals surface area contributed by atoms with E-state index in [4.69, 9.17) is 4.42 Å². The van der Waals surface area contributed by atoms with E-state index < -0.39 is 23.2 Å². The van der Waals surface area contributed by atoms with Crippen molar-refractivity contribution < 1.29 is 22.4 Å². The van der Waals surface area contributed by atoms with Crippen LogP contribution in [-0.2, 0) is 13.2 Å². The third-order valence-electron chi connectivity index (χ3n) is 7.29. The van der Waals surface area contributed by atoms with Gasteiger partial charge in [0, 0.05) is 36.8 Å². The van der Waals surface area contributed by atoms with Crippen LogP contribution in [0.15, 0.2) is 71.4 Å². The smallest absolute Gasteiger partial charge is 0.420 e. The molecule has 3 aromatic carbocycles. The molecule has 0 spiro atoms. The van der Waals surface area contributed by atoms with Gasteiger partial charge in [-0.25, -0.2) is 4.98 Å². The fourth-order valence-corrected chi connectivity index (χ4v) is 5.32. The fourth-order valence-electron chi connectivity index (χ4n) is 5.32. The average molecular weight is 546 g/mol. The molecular formula is C30H26F3N5O2. The first-order chi connectivity index (χ1) is 19.2. The van der Waals surface area contributed by atoms with Crippen molar-refractivity contribution in [1.29, 1.82) is 0 Å². The minimum Gasteiger partial charge on any atom is -0.435 e. The maximum atomic E-state index is 14.1. The Balaban J connectivity index is 1.43. The molecule has 0 unspecified atom stereocenters. The summed E-state index contributed by atoms with van der Waals surface area (Å²) in [6.45, 7) is 3.08. The number of nitrogens with zero attached hydrogens (tertiary/aromatic N) is 5. The molecule has 0 bridgehead atoms. The Kier molecular flexibility index (Phi) is 6.40. The molecule has 6 rings (SSSR count). The van der Waals surface area contributed by atoms with Crippen molar-refractivity contribution in [3.63, 3.8) is 0 Å². The predicted octanol–water partition coefficient (Wildman–Crippen LogP) is 6.85. The van der Waals surface area contributed by atoms with Crippen LogP contribution in [0.1, 0.15) is 35.7 Å². The molecule has 1 amide bonds. The number of carbonyl (C=O) groups is 1. The predicted molar refractivity (Wildman–Crippen MR) is 144 cm³/mol. The van der Waals surface area contributed by atoms with Crippen LogP contribution in [-0.4, -0.2) is 43.6 Å². The average Bonchev–Trinajstić information content (AvgIpc) is 3.57. The summed E-state index contributed by atoms with van der Waals surface area (Å²) < 4.78 is 50.0. The Hall–Kier alpha value is -4.47. The number of alkyl halides is 3. The summed E-state index contributed by atoms with van der Waals surface area (Å²) >= 11 is 0. The van der Waals surface area contributed by atoms with E-state index in [0.29, 0.717) is 30.4 Å². The van der Waals surface area contributed by atoms with E-state index in [0.717, 1.165) is 35.6 Å². The van der Waals surface area contributed by atoms with Gasteiger partial charge < -0.3 is 13.9 Å². The number of fused-ring (bicyclic) bond motifs is 1. The van der Waals surface area contributed by atoms with Gasteiger partial charge in [0.1, 0.15) is 17.4 Å². The number of piperidine rings is 1. The molecule has 40 heavy (non-hydrogen) atoms. The number of amides is 1. The van der Waals surface area contributed by atoms with E-state index in [2.05, 4.69) is 15.2 Å². The highest BCUT2D eigenvalue weighted by molar-refractivity contribution is 5.98. The second kappa shape index (κ2) is 9.93. The highest BCUT2D eigenvalue weighted by Crippen LogP contribution is 2.39. The van der Waals surface area contributed by atoms with Gasteiger partial charge in [0.05, 0.1) is 0 Å². The summed E-state index contributed by atoms with van der Waals surface area (Å²) in [5.74, 6) is 0.590. The van der Waals surface area contributed by atoms with Gasteiger partial charge in [-0.1, -0.05) is 43.3 Å². The maximum Gasteiger partial charge on any atom is 0.420 e. The molecular weight excluding hydrogens is 519 g/mol. The number of carbonyl (C=O) groups excluding carboxylic acids is 1. The molecule has 10 heteroatoms. The van der Waals surface area contributed by atoms with Gasteiger partial charge in [-0.2, -0.15) is 13.2 Å². The number of hydrogen-bond acceptors (Lipinski definition) is 5. The second-order valence-electron chi connectivity index (χ2n) is 10.3. The van der Waals surface area contributed by atoms with E-state index in [1.807, 2.05) is 54.9 Å². The lowest BCUT2D eigenvalue weighted by molar-refractivity contribution is -0.136. The lowest BCUT2D eigenvalue weighted by atomic mass is 9.97. The minimum atomic E-state index is -4.72. The van der Waals surface area contributed by atoms with E-state index in [-0.39, 0.29) is 17.0 Å². The van der Waals surface area contributed by atoms with E-state index in [1.54, 1.807) is 23.4 Å². The van der Waals surface area contributed by atoms with Gasteiger partial charge in [0.15, 0.2) is 11.4 Å². The topological polar surface area (TPSA) is 77.0 Å². The summed E-state index contributed by atoms with van der Waals surface area (Å²) in [5, 5.41) is 8.19. The van der Waals surface area contributed by atoms with Gasteiger partial charge in [0.25, 0.3) is 5.91 Å². The Bertz CT molecular complexity index is 1720. The molecule has 1 fully saturated rings. The lowest BCUT2D eigenvalue weighted by Crippen LogP contribution is -2.39. The van der Waals surface area contributed by atoms with Crippen molar-refractivity contribution in [3.8, 4) is 34.0 Å². The van der Waals surface area contributed by atoms with Crippen molar-refractivity contribution >= 4 is 17.0 Å². The van der Waals surface area contributed by atoms with E-state index >= 15 is 0 Å². The molecule has 1 aliphatic rings. The van der Waals surface area contributed by atoms with Crippen molar-refractivity contribution in [2.75, 3.05) is 13.1 Å². The summed E-state index contributed by atoms with van der Waals surface area (Å²) in [4.78, 5) is 19.2. The van der Waals surface area contributed by atoms with Gasteiger partial charge in [-0.05, 0) is 54.2 Å². The zero-order valence-electron chi connectivity index (χ0n) is 21.9. The molecule has 0 aliphatic carbocycles. The van der Waals surface area contributed by atoms with Crippen LogP contribution >= 0.6 is 0 Å². The summed E-state index contributed by atoms with van der Waals surface area (Å²) in [6.07, 6.45) is -1.29. The third kappa shape index (κ3) is 4.74. The third-order valence-corrected chi connectivity index (χ3v) is 7.29. The zero-order chi connectivity index (χ0) is 28.0. The number of benzene rings is 3. The second-order valence-corrected chi connectivity index (χ2v) is 10.3. The Morgan fingerprint density at radius 3 is 2.52 bits per heavy atom. The normalized spacial score (nSPS) is 16.0. The highest BCUT2D eigenvalue weighted by atomic mass is 19.4. The fraction of sp³-hybridized carbons (Fsp3) is 0.267. The standard InChI is InChI=1S/C30H26F3N5O2/c1-18-7-6-12-38(16-18)29(39)21-14-24(30(31,32)33)26-25(15-21)35-28(40-26)20-9-5-8-19(13-20)22-10-3-4-11-23(22)27-36-34-17-37(27)2/h3-5,8-11,13-15,17-18H,6-7,12,16H2,1-2H3/t18-/m0/s1. The molecule has 0 N–H and O–H groups in total. The molecule has 204 valence electrons. The summed E-state index contributed by atoms with van der Waals surface area (Å²) in [6, 6.07) is 17.2. The van der Waals surface area contributed by atoms with Crippen LogP contribution in [0.5, 0.6) is 0 Å². The summed E-state index contributed by atoms with van der Waals surface area (Å²) in [7, 11) is 1.85. The number of likely N-dealkylation sites (tertiary alicyclic amines) is 1. The Morgan fingerprint density at radius 2 is 1.80 bits per heavy atom. The van der Waals surface area contributed by atoms with Crippen molar-refractivity contribution in [3.05, 3.63) is 78.1 Å². The molecule has 5 aromatic rings. The molecule has 1 aliphatic heterocycles. The number of halogens is 3. The first-order valence-corrected chi connectivity index (χ1v) is 13.0. The number of aryl methyl sites for hydroxylation is 1.